The molecule has 56 valence electrons. The minimum atomic E-state index is 0.0556. The van der Waals surface area contributed by atoms with Crippen molar-refractivity contribution < 1.29 is 14.3 Å². The quantitative estimate of drug-likeness (QED) is 0.482. The Hall–Kier alpha value is -0.410. The molecular weight excluding hydrogens is 132 g/mol. The van der Waals surface area contributed by atoms with Crippen molar-refractivity contribution in [2.45, 2.75) is 25.0 Å². The molecule has 0 aromatic rings. The molecule has 2 rings (SSSR count). The molecule has 2 atom stereocenters. The van der Waals surface area contributed by atoms with Gasteiger partial charge >= 0.3 is 0 Å². The van der Waals surface area contributed by atoms with Crippen LogP contribution in [0.15, 0.2) is 0 Å². The van der Waals surface area contributed by atoms with Crippen LogP contribution in [0.5, 0.6) is 0 Å². The molecule has 2 aliphatic rings. The van der Waals surface area contributed by atoms with Crippen LogP contribution in [0.3, 0.4) is 0 Å². The summed E-state index contributed by atoms with van der Waals surface area (Å²) in [5, 5.41) is 0. The normalized spacial score (nSPS) is 39.8. The number of rotatable bonds is 0. The molecule has 3 heteroatoms. The Labute approximate surface area is 59.3 Å². The highest BCUT2D eigenvalue weighted by Crippen LogP contribution is 2.20. The summed E-state index contributed by atoms with van der Waals surface area (Å²) in [6, 6.07) is 0. The van der Waals surface area contributed by atoms with E-state index in [4.69, 9.17) is 9.47 Å². The number of hydrogen-bond donors (Lipinski definition) is 0. The van der Waals surface area contributed by atoms with E-state index in [-0.39, 0.29) is 12.2 Å². The zero-order valence-electron chi connectivity index (χ0n) is 5.71. The van der Waals surface area contributed by atoms with Crippen LogP contribution >= 0.6 is 0 Å². The van der Waals surface area contributed by atoms with Gasteiger partial charge in [0.2, 0.25) is 0 Å². The number of carbonyl (C=O) groups is 1. The lowest BCUT2D eigenvalue weighted by atomic mass is 10.0. The topological polar surface area (TPSA) is 35.5 Å². The van der Waals surface area contributed by atoms with Crippen LogP contribution in [0.25, 0.3) is 0 Å². The van der Waals surface area contributed by atoms with E-state index in [1.807, 2.05) is 0 Å². The molecule has 10 heavy (non-hydrogen) atoms. The van der Waals surface area contributed by atoms with E-state index in [1.165, 1.54) is 0 Å². The molecule has 3 nitrogen and oxygen atoms in total. The summed E-state index contributed by atoms with van der Waals surface area (Å²) in [7, 11) is 0. The second-order valence-electron chi connectivity index (χ2n) is 2.86. The molecular formula is C7H10O3. The fraction of sp³-hybridized carbons (Fsp3) is 0.857. The maximum Gasteiger partial charge on any atom is 0.138 e. The summed E-state index contributed by atoms with van der Waals surface area (Å²) >= 11 is 0. The third kappa shape index (κ3) is 1.07. The Bertz CT molecular complexity index is 141. The lowest BCUT2D eigenvalue weighted by Gasteiger charge is -2.33. The molecule has 2 saturated heterocycles. The van der Waals surface area contributed by atoms with Gasteiger partial charge in [-0.2, -0.15) is 0 Å². The largest absolute Gasteiger partial charge is 0.376 e. The van der Waals surface area contributed by atoms with Gasteiger partial charge in [0.05, 0.1) is 25.4 Å². The second kappa shape index (κ2) is 2.32. The molecule has 0 radical (unpaired) electrons. The molecule has 2 fully saturated rings. The maximum absolute atomic E-state index is 10.9. The van der Waals surface area contributed by atoms with E-state index >= 15 is 0 Å². The SMILES string of the molecule is O=C1CC2COCC(C1)O2. The highest BCUT2D eigenvalue weighted by atomic mass is 16.6. The van der Waals surface area contributed by atoms with Gasteiger partial charge in [-0.1, -0.05) is 0 Å². The fourth-order valence-electron chi connectivity index (χ4n) is 1.49. The van der Waals surface area contributed by atoms with Crippen LogP contribution in [0.1, 0.15) is 12.8 Å². The number of ether oxygens (including phenoxy) is 2. The molecule has 0 saturated carbocycles. The molecule has 0 N–H and O–H groups in total. The highest BCUT2D eigenvalue weighted by molar-refractivity contribution is 5.80. The van der Waals surface area contributed by atoms with Gasteiger partial charge in [0.15, 0.2) is 0 Å². The third-order valence-electron chi connectivity index (χ3n) is 1.90. The predicted molar refractivity (Wildman–Crippen MR) is 33.7 cm³/mol. The summed E-state index contributed by atoms with van der Waals surface area (Å²) in [5.41, 5.74) is 0. The minimum absolute atomic E-state index is 0.0556. The van der Waals surface area contributed by atoms with E-state index in [0.29, 0.717) is 31.8 Å². The van der Waals surface area contributed by atoms with Crippen molar-refractivity contribution in [3.8, 4) is 0 Å². The third-order valence-corrected chi connectivity index (χ3v) is 1.90. The molecule has 0 aromatic heterocycles. The molecule has 0 spiro atoms. The Morgan fingerprint density at radius 1 is 1.20 bits per heavy atom. The average Bonchev–Trinajstić information content (AvgIpc) is 1.85. The van der Waals surface area contributed by atoms with Crippen LogP contribution in [-0.2, 0) is 14.3 Å². The number of Topliss-reactive ketones (excluding diaryl/α,β-unsaturated/α-hetero) is 1. The summed E-state index contributed by atoms with van der Waals surface area (Å²) in [5.74, 6) is 0.324. The Balaban J connectivity index is 2.05. The Morgan fingerprint density at radius 3 is 2.40 bits per heavy atom. The number of fused-ring (bicyclic) bond motifs is 2. The van der Waals surface area contributed by atoms with Crippen molar-refractivity contribution in [2.24, 2.45) is 0 Å². The van der Waals surface area contributed by atoms with Gasteiger partial charge in [-0.3, -0.25) is 4.79 Å². The summed E-state index contributed by atoms with van der Waals surface area (Å²) < 4.78 is 10.7. The van der Waals surface area contributed by atoms with Gasteiger partial charge in [-0.15, -0.1) is 0 Å². The van der Waals surface area contributed by atoms with E-state index in [9.17, 15) is 4.79 Å². The van der Waals surface area contributed by atoms with Crippen molar-refractivity contribution in [3.63, 3.8) is 0 Å². The molecule has 2 heterocycles. The molecule has 0 amide bonds. The molecule has 2 bridgehead atoms. The van der Waals surface area contributed by atoms with Crippen molar-refractivity contribution in [1.29, 1.82) is 0 Å². The maximum atomic E-state index is 10.9. The van der Waals surface area contributed by atoms with Gasteiger partial charge in [0.1, 0.15) is 5.78 Å². The number of carbonyl (C=O) groups excluding carboxylic acids is 1. The van der Waals surface area contributed by atoms with E-state index in [1.54, 1.807) is 0 Å². The number of ketones is 1. The van der Waals surface area contributed by atoms with Crippen LogP contribution in [0.4, 0.5) is 0 Å². The first kappa shape index (κ1) is 6.31. The van der Waals surface area contributed by atoms with Gasteiger partial charge in [-0.25, -0.2) is 0 Å². The van der Waals surface area contributed by atoms with E-state index in [2.05, 4.69) is 0 Å². The molecule has 0 aromatic carbocycles. The van der Waals surface area contributed by atoms with Crippen LogP contribution in [-0.4, -0.2) is 31.2 Å². The van der Waals surface area contributed by atoms with Crippen LogP contribution in [0, 0.1) is 0 Å². The lowest BCUT2D eigenvalue weighted by Crippen LogP contribution is -2.43. The molecule has 0 aliphatic carbocycles. The lowest BCUT2D eigenvalue weighted by molar-refractivity contribution is -0.170. The zero-order valence-corrected chi connectivity index (χ0v) is 5.71. The van der Waals surface area contributed by atoms with Gasteiger partial charge < -0.3 is 9.47 Å². The minimum Gasteiger partial charge on any atom is -0.376 e. The van der Waals surface area contributed by atoms with Crippen molar-refractivity contribution in [2.75, 3.05) is 13.2 Å². The Morgan fingerprint density at radius 2 is 1.80 bits per heavy atom. The monoisotopic (exact) mass is 142 g/mol. The average molecular weight is 142 g/mol. The second-order valence-corrected chi connectivity index (χ2v) is 2.86. The van der Waals surface area contributed by atoms with Crippen molar-refractivity contribution in [1.82, 2.24) is 0 Å². The summed E-state index contributed by atoms with van der Waals surface area (Å²) in [6.07, 6.45) is 1.22. The zero-order chi connectivity index (χ0) is 6.97. The van der Waals surface area contributed by atoms with Crippen LogP contribution in [0.2, 0.25) is 0 Å². The summed E-state index contributed by atoms with van der Waals surface area (Å²) in [6.45, 7) is 1.20. The van der Waals surface area contributed by atoms with Gasteiger partial charge in [0.25, 0.3) is 0 Å². The van der Waals surface area contributed by atoms with Gasteiger partial charge in [-0.05, 0) is 0 Å². The fourth-order valence-corrected chi connectivity index (χ4v) is 1.49. The predicted octanol–water partition coefficient (Wildman–Crippen LogP) is 0.133. The number of hydrogen-bond acceptors (Lipinski definition) is 3. The Kier molecular flexibility index (Phi) is 1.47. The first-order valence-corrected chi connectivity index (χ1v) is 3.59. The van der Waals surface area contributed by atoms with E-state index in [0.717, 1.165) is 0 Å². The smallest absolute Gasteiger partial charge is 0.138 e. The molecule has 2 aliphatic heterocycles. The standard InChI is InChI=1S/C7H10O3/c8-5-1-6-3-9-4-7(2-5)10-6/h6-7H,1-4H2. The van der Waals surface area contributed by atoms with Crippen molar-refractivity contribution >= 4 is 5.78 Å². The van der Waals surface area contributed by atoms with Crippen molar-refractivity contribution in [3.05, 3.63) is 0 Å². The first-order chi connectivity index (χ1) is 4.84. The summed E-state index contributed by atoms with van der Waals surface area (Å²) in [4.78, 5) is 10.9. The van der Waals surface area contributed by atoms with Gasteiger partial charge in [0, 0.05) is 12.8 Å². The van der Waals surface area contributed by atoms with E-state index < -0.39 is 0 Å². The van der Waals surface area contributed by atoms with Crippen LogP contribution < -0.4 is 0 Å². The first-order valence-electron chi connectivity index (χ1n) is 3.59. The highest BCUT2D eigenvalue weighted by Gasteiger charge is 2.31. The molecule has 2 unspecified atom stereocenters.